The minimum Gasteiger partial charge on any atom is -0.497 e. The fraction of sp³-hybridized carbons (Fsp3) is 0.250. The third-order valence-corrected chi connectivity index (χ3v) is 4.64. The highest BCUT2D eigenvalue weighted by atomic mass is 16.5. The van der Waals surface area contributed by atoms with Crippen molar-refractivity contribution in [2.24, 2.45) is 0 Å². The van der Waals surface area contributed by atoms with Gasteiger partial charge in [0.05, 0.1) is 13.2 Å². The molecule has 1 N–H and O–H groups in total. The van der Waals surface area contributed by atoms with Crippen molar-refractivity contribution < 1.29 is 9.15 Å². The minimum absolute atomic E-state index is 0.0763. The van der Waals surface area contributed by atoms with E-state index in [1.807, 2.05) is 36.4 Å². The number of aryl methyl sites for hydroxylation is 1. The molecule has 0 saturated heterocycles. The Bertz CT molecular complexity index is 945. The molecule has 0 radical (unpaired) electrons. The molecule has 2 heterocycles. The zero-order chi connectivity index (χ0) is 16.5. The highest BCUT2D eigenvalue weighted by Gasteiger charge is 2.20. The highest BCUT2D eigenvalue weighted by molar-refractivity contribution is 5.81. The van der Waals surface area contributed by atoms with Crippen LogP contribution in [0.3, 0.4) is 0 Å². The van der Waals surface area contributed by atoms with Gasteiger partial charge in [-0.3, -0.25) is 0 Å². The second-order valence-electron chi connectivity index (χ2n) is 6.13. The maximum absolute atomic E-state index is 12.0. The number of rotatable bonds is 2. The molecule has 2 aromatic carbocycles. The van der Waals surface area contributed by atoms with E-state index in [1.165, 1.54) is 5.56 Å². The first-order valence-electron chi connectivity index (χ1n) is 8.21. The molecule has 122 valence electrons. The van der Waals surface area contributed by atoms with Crippen molar-refractivity contribution in [3.63, 3.8) is 0 Å². The minimum atomic E-state index is -0.305. The van der Waals surface area contributed by atoms with Crippen LogP contribution in [0.4, 0.5) is 5.69 Å². The van der Waals surface area contributed by atoms with Crippen LogP contribution in [-0.4, -0.2) is 7.11 Å². The average Bonchev–Trinajstić information content (AvgIpc) is 2.82. The van der Waals surface area contributed by atoms with Gasteiger partial charge in [-0.25, -0.2) is 4.79 Å². The van der Waals surface area contributed by atoms with Crippen LogP contribution in [0.1, 0.15) is 30.0 Å². The SMILES string of the molecule is COc1ccc2c(c1)NC(c1cc(=O)oc3ccccc13)CCC2. The van der Waals surface area contributed by atoms with Crippen LogP contribution in [0.25, 0.3) is 11.0 Å². The first-order valence-corrected chi connectivity index (χ1v) is 8.21. The Morgan fingerprint density at radius 2 is 2.04 bits per heavy atom. The largest absolute Gasteiger partial charge is 0.497 e. The zero-order valence-corrected chi connectivity index (χ0v) is 13.5. The van der Waals surface area contributed by atoms with E-state index in [4.69, 9.17) is 9.15 Å². The summed E-state index contributed by atoms with van der Waals surface area (Å²) in [5.41, 5.74) is 3.69. The van der Waals surface area contributed by atoms with Crippen LogP contribution >= 0.6 is 0 Å². The van der Waals surface area contributed by atoms with Gasteiger partial charge in [0.25, 0.3) is 0 Å². The molecule has 1 unspecified atom stereocenters. The Morgan fingerprint density at radius 3 is 2.92 bits per heavy atom. The number of nitrogens with one attached hydrogen (secondary N) is 1. The molecule has 1 aromatic heterocycles. The quantitative estimate of drug-likeness (QED) is 0.715. The van der Waals surface area contributed by atoms with Crippen LogP contribution in [0, 0.1) is 0 Å². The zero-order valence-electron chi connectivity index (χ0n) is 13.5. The molecule has 0 saturated carbocycles. The fourth-order valence-corrected chi connectivity index (χ4v) is 3.45. The lowest BCUT2D eigenvalue weighted by Crippen LogP contribution is -2.13. The van der Waals surface area contributed by atoms with Crippen LogP contribution in [0.15, 0.2) is 57.7 Å². The number of ether oxygens (including phenoxy) is 1. The second kappa shape index (κ2) is 6.04. The van der Waals surface area contributed by atoms with Gasteiger partial charge in [0, 0.05) is 23.2 Å². The smallest absolute Gasteiger partial charge is 0.336 e. The fourth-order valence-electron chi connectivity index (χ4n) is 3.45. The first-order chi connectivity index (χ1) is 11.7. The molecule has 4 heteroatoms. The Balaban J connectivity index is 1.81. The van der Waals surface area contributed by atoms with Crippen molar-refractivity contribution in [2.75, 3.05) is 12.4 Å². The highest BCUT2D eigenvalue weighted by Crippen LogP contribution is 2.35. The van der Waals surface area contributed by atoms with E-state index in [0.29, 0.717) is 5.58 Å². The van der Waals surface area contributed by atoms with E-state index in [-0.39, 0.29) is 11.7 Å². The van der Waals surface area contributed by atoms with E-state index < -0.39 is 0 Å². The molecule has 0 aliphatic carbocycles. The van der Waals surface area contributed by atoms with Gasteiger partial charge in [-0.2, -0.15) is 0 Å². The molecule has 1 atom stereocenters. The molecule has 0 bridgehead atoms. The molecular formula is C20H19NO3. The van der Waals surface area contributed by atoms with Crippen LogP contribution in [0.5, 0.6) is 5.75 Å². The van der Waals surface area contributed by atoms with Crippen molar-refractivity contribution in [3.05, 3.63) is 70.1 Å². The van der Waals surface area contributed by atoms with Crippen molar-refractivity contribution in [1.82, 2.24) is 0 Å². The maximum Gasteiger partial charge on any atom is 0.336 e. The number of anilines is 1. The molecule has 4 nitrogen and oxygen atoms in total. The van der Waals surface area contributed by atoms with Gasteiger partial charge in [-0.05, 0) is 42.5 Å². The summed E-state index contributed by atoms with van der Waals surface area (Å²) in [7, 11) is 1.67. The summed E-state index contributed by atoms with van der Waals surface area (Å²) in [5.74, 6) is 0.833. The monoisotopic (exact) mass is 321 g/mol. The molecule has 0 spiro atoms. The average molecular weight is 321 g/mol. The van der Waals surface area contributed by atoms with Gasteiger partial charge in [0.15, 0.2) is 0 Å². The predicted molar refractivity (Wildman–Crippen MR) is 94.8 cm³/mol. The second-order valence-corrected chi connectivity index (χ2v) is 6.13. The molecule has 4 rings (SSSR count). The lowest BCUT2D eigenvalue weighted by molar-refractivity contribution is 0.415. The Kier molecular flexibility index (Phi) is 3.73. The standard InChI is InChI=1S/C20H19NO3/c1-23-14-10-9-13-5-4-7-17(21-18(13)11-14)16-12-20(22)24-19-8-3-2-6-15(16)19/h2-3,6,8-12,17,21H,4-5,7H2,1H3. The van der Waals surface area contributed by atoms with Crippen molar-refractivity contribution >= 4 is 16.7 Å². The summed E-state index contributed by atoms with van der Waals surface area (Å²) in [6.07, 6.45) is 3.04. The van der Waals surface area contributed by atoms with E-state index >= 15 is 0 Å². The van der Waals surface area contributed by atoms with E-state index in [1.54, 1.807) is 13.2 Å². The van der Waals surface area contributed by atoms with Gasteiger partial charge in [-0.15, -0.1) is 0 Å². The Morgan fingerprint density at radius 1 is 1.17 bits per heavy atom. The van der Waals surface area contributed by atoms with Crippen molar-refractivity contribution in [1.29, 1.82) is 0 Å². The summed E-state index contributed by atoms with van der Waals surface area (Å²) in [4.78, 5) is 12.0. The third-order valence-electron chi connectivity index (χ3n) is 4.64. The summed E-state index contributed by atoms with van der Waals surface area (Å²) < 4.78 is 10.7. The van der Waals surface area contributed by atoms with Gasteiger partial charge in [0.1, 0.15) is 11.3 Å². The van der Waals surface area contributed by atoms with E-state index in [0.717, 1.165) is 41.6 Å². The Labute approximate surface area is 140 Å². The molecule has 0 amide bonds. The molecule has 1 aliphatic heterocycles. The van der Waals surface area contributed by atoms with Crippen LogP contribution in [-0.2, 0) is 6.42 Å². The third kappa shape index (κ3) is 2.64. The molecule has 24 heavy (non-hydrogen) atoms. The van der Waals surface area contributed by atoms with E-state index in [9.17, 15) is 4.79 Å². The summed E-state index contributed by atoms with van der Waals surface area (Å²) in [5, 5.41) is 4.60. The van der Waals surface area contributed by atoms with Crippen LogP contribution in [0.2, 0.25) is 0 Å². The molecule has 1 aliphatic rings. The lowest BCUT2D eigenvalue weighted by atomic mass is 9.99. The Hall–Kier alpha value is -2.75. The number of fused-ring (bicyclic) bond motifs is 2. The van der Waals surface area contributed by atoms with Crippen LogP contribution < -0.4 is 15.7 Å². The topological polar surface area (TPSA) is 51.5 Å². The van der Waals surface area contributed by atoms with Gasteiger partial charge in [0.2, 0.25) is 0 Å². The summed E-state index contributed by atoms with van der Waals surface area (Å²) in [6, 6.07) is 15.5. The number of hydrogen-bond donors (Lipinski definition) is 1. The van der Waals surface area contributed by atoms with Crippen molar-refractivity contribution in [2.45, 2.75) is 25.3 Å². The van der Waals surface area contributed by atoms with Crippen molar-refractivity contribution in [3.8, 4) is 5.75 Å². The molecule has 0 fully saturated rings. The number of para-hydroxylation sites is 1. The number of benzene rings is 2. The van der Waals surface area contributed by atoms with E-state index in [2.05, 4.69) is 11.4 Å². The lowest BCUT2D eigenvalue weighted by Gasteiger charge is -2.20. The number of hydrogen-bond acceptors (Lipinski definition) is 4. The van der Waals surface area contributed by atoms with Gasteiger partial charge in [-0.1, -0.05) is 24.3 Å². The maximum atomic E-state index is 12.0. The predicted octanol–water partition coefficient (Wildman–Crippen LogP) is 4.29. The molecular weight excluding hydrogens is 302 g/mol. The van der Waals surface area contributed by atoms with Gasteiger partial charge < -0.3 is 14.5 Å². The summed E-state index contributed by atoms with van der Waals surface area (Å²) in [6.45, 7) is 0. The first kappa shape index (κ1) is 14.8. The van der Waals surface area contributed by atoms with Gasteiger partial charge >= 0.3 is 5.63 Å². The normalized spacial score (nSPS) is 17.0. The number of methoxy groups -OCH3 is 1. The summed E-state index contributed by atoms with van der Waals surface area (Å²) >= 11 is 0. The molecule has 3 aromatic rings.